The van der Waals surface area contributed by atoms with E-state index in [0.29, 0.717) is 0 Å². The molecule has 0 saturated heterocycles. The van der Waals surface area contributed by atoms with Crippen molar-refractivity contribution in [2.45, 2.75) is 0 Å². The van der Waals surface area contributed by atoms with Crippen molar-refractivity contribution in [2.24, 2.45) is 0 Å². The van der Waals surface area contributed by atoms with Crippen molar-refractivity contribution in [3.05, 3.63) is 5.73 Å². The van der Waals surface area contributed by atoms with E-state index in [4.69, 9.17) is 33.2 Å². The van der Waals surface area contributed by atoms with Gasteiger partial charge >= 0.3 is 17.1 Å². The zero-order chi connectivity index (χ0) is 8.78. The second-order valence-corrected chi connectivity index (χ2v) is 1.77. The van der Waals surface area contributed by atoms with Crippen molar-refractivity contribution in [1.82, 2.24) is 0 Å². The number of hydrogen-bond acceptors (Lipinski definition) is 6. The average molecular weight is 225 g/mol. The van der Waals surface area contributed by atoms with Crippen LogP contribution in [-0.2, 0) is 32.3 Å². The second-order valence-electron chi connectivity index (χ2n) is 0.957. The van der Waals surface area contributed by atoms with Crippen LogP contribution in [0.5, 0.6) is 0 Å². The second kappa shape index (κ2) is 7.92. The molecule has 0 amide bonds. The molecule has 0 aromatic rings. The molecular weight excluding hydrogens is 222 g/mol. The van der Waals surface area contributed by atoms with E-state index in [9.17, 15) is 0 Å². The summed E-state index contributed by atoms with van der Waals surface area (Å²) in [6.45, 7) is -0.639. The molecule has 0 fully saturated rings. The Bertz CT molecular complexity index is 179. The van der Waals surface area contributed by atoms with Crippen molar-refractivity contribution in [1.29, 1.82) is 0 Å². The maximum atomic E-state index is 9.07. The molecule has 0 spiro atoms. The zero-order valence-electron chi connectivity index (χ0n) is 4.92. The first-order chi connectivity index (χ1) is 4.27. The van der Waals surface area contributed by atoms with Gasteiger partial charge in [-0.1, -0.05) is 0 Å². The monoisotopic (exact) mass is 225 g/mol. The van der Waals surface area contributed by atoms with Gasteiger partial charge in [-0.15, -0.1) is 6.54 Å². The Kier molecular flexibility index (Phi) is 12.3. The third-order valence-corrected chi connectivity index (χ3v) is 0.144. The van der Waals surface area contributed by atoms with Gasteiger partial charge in [0, 0.05) is 16.4 Å². The molecule has 0 aromatic carbocycles. The molecule has 7 nitrogen and oxygen atoms in total. The minimum Gasteiger partial charge on any atom is -0.759 e. The number of rotatable bonds is 1. The Labute approximate surface area is 73.6 Å². The molecule has 0 aliphatic rings. The summed E-state index contributed by atoms with van der Waals surface area (Å²) in [6, 6.07) is 0. The smallest absolute Gasteiger partial charge is 0.759 e. The van der Waals surface area contributed by atoms with Crippen LogP contribution < -0.4 is 5.11 Å². The van der Waals surface area contributed by atoms with Crippen LogP contribution in [0.15, 0.2) is 0 Å². The molecule has 0 atom stereocenters. The van der Waals surface area contributed by atoms with Gasteiger partial charge in [-0.3, -0.25) is 8.42 Å². The molecule has 67 valence electrons. The van der Waals surface area contributed by atoms with Gasteiger partial charge < -0.3 is 24.7 Å². The van der Waals surface area contributed by atoms with E-state index < -0.39 is 22.9 Å². The van der Waals surface area contributed by atoms with E-state index in [1.165, 1.54) is 0 Å². The van der Waals surface area contributed by atoms with E-state index >= 15 is 0 Å². The van der Waals surface area contributed by atoms with Crippen LogP contribution in [0.1, 0.15) is 0 Å². The average Bonchev–Trinajstić information content (AvgIpc) is 1.61. The van der Waals surface area contributed by atoms with E-state index in [2.05, 4.69) is 0 Å². The molecule has 0 aliphatic heterocycles. The summed E-state index contributed by atoms with van der Waals surface area (Å²) in [5.74, 6) is -1.33. The number of carbonyl (C=O) groups excluding carboxylic acids is 1. The maximum absolute atomic E-state index is 9.07. The van der Waals surface area contributed by atoms with Gasteiger partial charge in [0.2, 0.25) is 0 Å². The third-order valence-electron chi connectivity index (χ3n) is 0.144. The number of carboxylic acids is 1. The summed E-state index contributed by atoms with van der Waals surface area (Å²) >= 11 is 0. The summed E-state index contributed by atoms with van der Waals surface area (Å²) < 4.78 is 34.1. The van der Waals surface area contributed by atoms with E-state index in [1.54, 1.807) is 0 Å². The van der Waals surface area contributed by atoms with Crippen molar-refractivity contribution < 1.29 is 44.5 Å². The fraction of sp³-hybridized carbons (Fsp3) is 0.500. The number of nitrogens with one attached hydrogen (secondary N) is 1. The molecule has 0 aliphatic carbocycles. The van der Waals surface area contributed by atoms with E-state index in [-0.39, 0.29) is 17.1 Å². The normalized spacial score (nSPS) is 8.64. The molecule has 0 aromatic heterocycles. The van der Waals surface area contributed by atoms with Gasteiger partial charge in [0.15, 0.2) is 0 Å². The van der Waals surface area contributed by atoms with Gasteiger partial charge in [0.25, 0.3) is 0 Å². The van der Waals surface area contributed by atoms with Crippen LogP contribution >= 0.6 is 0 Å². The van der Waals surface area contributed by atoms with E-state index in [1.807, 2.05) is 0 Å². The number of aliphatic carboxylic acids is 1. The van der Waals surface area contributed by atoms with Crippen LogP contribution in [0.4, 0.5) is 0 Å². The molecule has 9 heteroatoms. The minimum atomic E-state index is -5.17. The Morgan fingerprint density at radius 3 is 1.45 bits per heavy atom. The SMILES string of the molecule is O=S(=O)([O-])[O-].[Fe+3].[NH-]CC(=O)[O-]. The molecule has 0 bridgehead atoms. The quantitative estimate of drug-likeness (QED) is 0.272. The Hall–Kier alpha value is -0.181. The molecule has 1 radical (unpaired) electrons. The summed E-state index contributed by atoms with van der Waals surface area (Å²) in [5, 5.41) is 9.07. The van der Waals surface area contributed by atoms with Crippen LogP contribution in [-0.4, -0.2) is 30.0 Å². The molecule has 1 N–H and O–H groups in total. The first kappa shape index (κ1) is 17.1. The molecule has 0 unspecified atom stereocenters. The van der Waals surface area contributed by atoms with Gasteiger partial charge in [0.1, 0.15) is 0 Å². The zero-order valence-corrected chi connectivity index (χ0v) is 6.84. The predicted octanol–water partition coefficient (Wildman–Crippen LogP) is -2.55. The van der Waals surface area contributed by atoms with Gasteiger partial charge in [-0.05, 0) is 0 Å². The number of hydrogen-bond donors (Lipinski definition) is 0. The first-order valence-electron chi connectivity index (χ1n) is 1.78. The van der Waals surface area contributed by atoms with Gasteiger partial charge in [-0.2, -0.15) is 0 Å². The van der Waals surface area contributed by atoms with E-state index in [0.717, 1.165) is 0 Å². The van der Waals surface area contributed by atoms with Crippen molar-refractivity contribution in [3.63, 3.8) is 0 Å². The number of carboxylic acid groups (broad SMARTS) is 1. The summed E-state index contributed by atoms with van der Waals surface area (Å²) in [6.07, 6.45) is 0. The van der Waals surface area contributed by atoms with Crippen molar-refractivity contribution >= 4 is 16.4 Å². The van der Waals surface area contributed by atoms with Crippen LogP contribution in [0.2, 0.25) is 0 Å². The fourth-order valence-corrected chi connectivity index (χ4v) is 0. The van der Waals surface area contributed by atoms with Crippen LogP contribution in [0, 0.1) is 0 Å². The Balaban J connectivity index is -0.000000107. The third kappa shape index (κ3) is 181. The topological polar surface area (TPSA) is 144 Å². The molecular formula is C2H3FeNO6S-. The molecule has 0 heterocycles. The van der Waals surface area contributed by atoms with Gasteiger partial charge in [-0.25, -0.2) is 0 Å². The fourth-order valence-electron chi connectivity index (χ4n) is 0. The van der Waals surface area contributed by atoms with Crippen molar-refractivity contribution in [2.75, 3.05) is 6.54 Å². The largest absolute Gasteiger partial charge is 3.00 e. The maximum Gasteiger partial charge on any atom is 3.00 e. The summed E-state index contributed by atoms with van der Waals surface area (Å²) in [7, 11) is -5.17. The molecule has 0 saturated carbocycles. The Morgan fingerprint density at radius 2 is 1.45 bits per heavy atom. The summed E-state index contributed by atoms with van der Waals surface area (Å²) in [5.41, 5.74) is 6.00. The predicted molar refractivity (Wildman–Crippen MR) is 24.7 cm³/mol. The Morgan fingerprint density at radius 1 is 1.36 bits per heavy atom. The van der Waals surface area contributed by atoms with Crippen LogP contribution in [0.25, 0.3) is 5.73 Å². The summed E-state index contributed by atoms with van der Waals surface area (Å²) in [4.78, 5) is 9.07. The van der Waals surface area contributed by atoms with Crippen LogP contribution in [0.3, 0.4) is 0 Å². The standard InChI is InChI=1S/C2H4NO2.Fe.H2O4S/c3-1-2(4)5;;1-5(2,3)4/h3H,1H2,(H,4,5);;(H2,1,2,3,4)/q-1;+3;/p-3. The first-order valence-corrected chi connectivity index (χ1v) is 3.12. The molecule has 0 rings (SSSR count). The van der Waals surface area contributed by atoms with Gasteiger partial charge in [0.05, 0.1) is 0 Å². The van der Waals surface area contributed by atoms with Crippen molar-refractivity contribution in [3.8, 4) is 0 Å². The number of carbonyl (C=O) groups is 1. The minimum absolute atomic E-state index is 0. The molecule has 11 heavy (non-hydrogen) atoms.